The van der Waals surface area contributed by atoms with Gasteiger partial charge in [-0.2, -0.15) is 0 Å². The Morgan fingerprint density at radius 1 is 1.30 bits per heavy atom. The molecule has 1 amide bonds. The SMILES string of the molecule is CCc1cc(C(C)=O)cc(C)c1C(=O)NC(C)C(=O)O. The van der Waals surface area contributed by atoms with Crippen LogP contribution in [0.15, 0.2) is 12.1 Å². The van der Waals surface area contributed by atoms with E-state index in [1.54, 1.807) is 19.1 Å². The third kappa shape index (κ3) is 3.44. The highest BCUT2D eigenvalue weighted by Gasteiger charge is 2.20. The molecule has 5 heteroatoms. The molecule has 0 saturated carbocycles. The van der Waals surface area contributed by atoms with Crippen LogP contribution in [0, 0.1) is 6.92 Å². The molecular weight excluding hydrogens is 258 g/mol. The van der Waals surface area contributed by atoms with Gasteiger partial charge >= 0.3 is 5.97 Å². The first kappa shape index (κ1) is 15.9. The Bertz CT molecular complexity index is 563. The maximum absolute atomic E-state index is 12.2. The molecular formula is C15H19NO4. The lowest BCUT2D eigenvalue weighted by Crippen LogP contribution is -2.39. The number of benzene rings is 1. The van der Waals surface area contributed by atoms with Crippen LogP contribution < -0.4 is 5.32 Å². The van der Waals surface area contributed by atoms with Gasteiger partial charge in [0.2, 0.25) is 0 Å². The van der Waals surface area contributed by atoms with E-state index in [2.05, 4.69) is 5.32 Å². The van der Waals surface area contributed by atoms with Crippen LogP contribution in [0.4, 0.5) is 0 Å². The zero-order valence-electron chi connectivity index (χ0n) is 12.1. The summed E-state index contributed by atoms with van der Waals surface area (Å²) in [5, 5.41) is 11.3. The fourth-order valence-electron chi connectivity index (χ4n) is 2.00. The predicted octanol–water partition coefficient (Wildman–Crippen LogP) is 1.96. The summed E-state index contributed by atoms with van der Waals surface area (Å²) in [4.78, 5) is 34.4. The fraction of sp³-hybridized carbons (Fsp3) is 0.400. The van der Waals surface area contributed by atoms with E-state index in [0.717, 1.165) is 5.56 Å². The minimum Gasteiger partial charge on any atom is -0.480 e. The number of carboxylic acids is 1. The van der Waals surface area contributed by atoms with Crippen molar-refractivity contribution in [3.8, 4) is 0 Å². The van der Waals surface area contributed by atoms with Crippen LogP contribution in [0.3, 0.4) is 0 Å². The zero-order valence-corrected chi connectivity index (χ0v) is 12.1. The molecule has 1 aromatic rings. The molecule has 108 valence electrons. The molecule has 1 atom stereocenters. The topological polar surface area (TPSA) is 83.5 Å². The monoisotopic (exact) mass is 277 g/mol. The molecule has 1 unspecified atom stereocenters. The lowest BCUT2D eigenvalue weighted by Gasteiger charge is -2.15. The molecule has 2 N–H and O–H groups in total. The number of hydrogen-bond acceptors (Lipinski definition) is 3. The van der Waals surface area contributed by atoms with Crippen molar-refractivity contribution < 1.29 is 19.5 Å². The molecule has 1 aromatic carbocycles. The summed E-state index contributed by atoms with van der Waals surface area (Å²) in [5.74, 6) is -1.58. The number of carbonyl (C=O) groups is 3. The van der Waals surface area contributed by atoms with Crippen molar-refractivity contribution in [3.63, 3.8) is 0 Å². The normalized spacial score (nSPS) is 11.8. The number of ketones is 1. The van der Waals surface area contributed by atoms with Gasteiger partial charge in [0.25, 0.3) is 5.91 Å². The molecule has 0 spiro atoms. The average molecular weight is 277 g/mol. The van der Waals surface area contributed by atoms with E-state index in [-0.39, 0.29) is 5.78 Å². The molecule has 1 rings (SSSR count). The first-order valence-electron chi connectivity index (χ1n) is 6.46. The van der Waals surface area contributed by atoms with E-state index >= 15 is 0 Å². The summed E-state index contributed by atoms with van der Waals surface area (Å²) >= 11 is 0. The van der Waals surface area contributed by atoms with Gasteiger partial charge in [-0.25, -0.2) is 0 Å². The summed E-state index contributed by atoms with van der Waals surface area (Å²) in [7, 11) is 0. The standard InChI is InChI=1S/C15H19NO4/c1-5-11-7-12(10(4)17)6-8(2)13(11)14(18)16-9(3)15(19)20/h6-7,9H,5H2,1-4H3,(H,16,18)(H,19,20). The highest BCUT2D eigenvalue weighted by Crippen LogP contribution is 2.19. The molecule has 0 saturated heterocycles. The van der Waals surface area contributed by atoms with E-state index in [4.69, 9.17) is 5.11 Å². The molecule has 20 heavy (non-hydrogen) atoms. The van der Waals surface area contributed by atoms with Crippen LogP contribution in [-0.4, -0.2) is 28.8 Å². The van der Waals surface area contributed by atoms with Gasteiger partial charge in [0.1, 0.15) is 6.04 Å². The maximum atomic E-state index is 12.2. The van der Waals surface area contributed by atoms with Crippen molar-refractivity contribution in [2.75, 3.05) is 0 Å². The summed E-state index contributed by atoms with van der Waals surface area (Å²) in [6, 6.07) is 2.39. The van der Waals surface area contributed by atoms with Gasteiger partial charge in [-0.05, 0) is 50.5 Å². The number of aliphatic carboxylic acids is 1. The van der Waals surface area contributed by atoms with Crippen molar-refractivity contribution in [2.24, 2.45) is 0 Å². The summed E-state index contributed by atoms with van der Waals surface area (Å²) < 4.78 is 0. The van der Waals surface area contributed by atoms with Crippen LogP contribution in [-0.2, 0) is 11.2 Å². The molecule has 0 radical (unpaired) electrons. The Morgan fingerprint density at radius 3 is 2.35 bits per heavy atom. The third-order valence-corrected chi connectivity index (χ3v) is 3.15. The molecule has 0 aliphatic heterocycles. The quantitative estimate of drug-likeness (QED) is 0.806. The first-order valence-corrected chi connectivity index (χ1v) is 6.46. The highest BCUT2D eigenvalue weighted by molar-refractivity contribution is 6.01. The Kier molecular flexibility index (Phi) is 5.02. The second kappa shape index (κ2) is 6.32. The van der Waals surface area contributed by atoms with Gasteiger partial charge in [-0.15, -0.1) is 0 Å². The number of Topliss-reactive ketones (excluding diaryl/α,β-unsaturated/α-hetero) is 1. The largest absolute Gasteiger partial charge is 0.480 e. The lowest BCUT2D eigenvalue weighted by molar-refractivity contribution is -0.138. The van der Waals surface area contributed by atoms with Gasteiger partial charge in [0, 0.05) is 11.1 Å². The number of carbonyl (C=O) groups excluding carboxylic acids is 2. The van der Waals surface area contributed by atoms with Crippen LogP contribution in [0.2, 0.25) is 0 Å². The Hall–Kier alpha value is -2.17. The van der Waals surface area contributed by atoms with Gasteiger partial charge in [-0.3, -0.25) is 14.4 Å². The van der Waals surface area contributed by atoms with Crippen molar-refractivity contribution in [3.05, 3.63) is 34.4 Å². The van der Waals surface area contributed by atoms with Gasteiger partial charge in [0.05, 0.1) is 0 Å². The lowest BCUT2D eigenvalue weighted by atomic mass is 9.94. The molecule has 0 fully saturated rings. The molecule has 0 aliphatic rings. The van der Waals surface area contributed by atoms with E-state index in [0.29, 0.717) is 23.1 Å². The highest BCUT2D eigenvalue weighted by atomic mass is 16.4. The van der Waals surface area contributed by atoms with Crippen LogP contribution in [0.25, 0.3) is 0 Å². The number of aryl methyl sites for hydroxylation is 2. The van der Waals surface area contributed by atoms with Crippen LogP contribution >= 0.6 is 0 Å². The van der Waals surface area contributed by atoms with Crippen LogP contribution in [0.1, 0.15) is 52.6 Å². The van der Waals surface area contributed by atoms with Gasteiger partial charge in [-0.1, -0.05) is 6.92 Å². The molecule has 0 heterocycles. The van der Waals surface area contributed by atoms with Crippen molar-refractivity contribution in [1.82, 2.24) is 5.32 Å². The minimum atomic E-state index is -1.09. The Balaban J connectivity index is 3.20. The molecule has 5 nitrogen and oxygen atoms in total. The Morgan fingerprint density at radius 2 is 1.90 bits per heavy atom. The molecule has 0 bridgehead atoms. The first-order chi connectivity index (χ1) is 9.27. The average Bonchev–Trinajstić information content (AvgIpc) is 2.36. The van der Waals surface area contributed by atoms with Crippen LogP contribution in [0.5, 0.6) is 0 Å². The summed E-state index contributed by atoms with van der Waals surface area (Å²) in [6.45, 7) is 6.51. The number of nitrogens with one attached hydrogen (secondary N) is 1. The van der Waals surface area contributed by atoms with E-state index < -0.39 is 17.9 Å². The van der Waals surface area contributed by atoms with E-state index in [1.165, 1.54) is 13.8 Å². The Labute approximate surface area is 118 Å². The maximum Gasteiger partial charge on any atom is 0.325 e. The number of carboxylic acid groups (broad SMARTS) is 1. The third-order valence-electron chi connectivity index (χ3n) is 3.15. The number of hydrogen-bond donors (Lipinski definition) is 2. The predicted molar refractivity (Wildman–Crippen MR) is 75.1 cm³/mol. The van der Waals surface area contributed by atoms with Gasteiger partial charge < -0.3 is 10.4 Å². The van der Waals surface area contributed by atoms with Gasteiger partial charge in [0.15, 0.2) is 5.78 Å². The van der Waals surface area contributed by atoms with E-state index in [9.17, 15) is 14.4 Å². The van der Waals surface area contributed by atoms with Crippen molar-refractivity contribution >= 4 is 17.7 Å². The second-order valence-electron chi connectivity index (χ2n) is 4.77. The zero-order chi connectivity index (χ0) is 15.4. The smallest absolute Gasteiger partial charge is 0.325 e. The summed E-state index contributed by atoms with van der Waals surface area (Å²) in [5.41, 5.74) is 2.42. The molecule has 0 aromatic heterocycles. The number of rotatable bonds is 5. The summed E-state index contributed by atoms with van der Waals surface area (Å²) in [6.07, 6.45) is 0.589. The minimum absolute atomic E-state index is 0.0614. The molecule has 0 aliphatic carbocycles. The second-order valence-corrected chi connectivity index (χ2v) is 4.77. The van der Waals surface area contributed by atoms with E-state index in [1.807, 2.05) is 6.92 Å². The van der Waals surface area contributed by atoms with Crippen molar-refractivity contribution in [1.29, 1.82) is 0 Å². The van der Waals surface area contributed by atoms with Crippen molar-refractivity contribution in [2.45, 2.75) is 40.2 Å². The number of amides is 1. The fourth-order valence-corrected chi connectivity index (χ4v) is 2.00.